The van der Waals surface area contributed by atoms with E-state index in [0.717, 1.165) is 4.31 Å². The number of carboxylic acids is 1. The topological polar surface area (TPSA) is 128 Å². The smallest absolute Gasteiger partial charge is 0.322 e. The van der Waals surface area contributed by atoms with E-state index in [-0.39, 0.29) is 23.7 Å². The molecule has 1 heterocycles. The highest BCUT2D eigenvalue weighted by atomic mass is 32.2. The standard InChI is InChI=1S/C19H21N5O5S/c1-23-21-18(20-22-23)12-17(19(25)26)24(13-14-6-4-3-5-7-14)30(27,28)16-10-8-15(29-2)9-11-16/h3-11,17H,12-13H2,1-2H3,(H,25,26). The molecule has 1 atom stereocenters. The lowest BCUT2D eigenvalue weighted by Crippen LogP contribution is -2.46. The fourth-order valence-corrected chi connectivity index (χ4v) is 4.47. The van der Waals surface area contributed by atoms with Crippen LogP contribution in [0.1, 0.15) is 11.4 Å². The molecule has 11 heteroatoms. The summed E-state index contributed by atoms with van der Waals surface area (Å²) in [6, 6.07) is 13.1. The third-order valence-electron chi connectivity index (χ3n) is 4.41. The molecule has 1 unspecified atom stereocenters. The molecule has 10 nitrogen and oxygen atoms in total. The van der Waals surface area contributed by atoms with Gasteiger partial charge in [-0.2, -0.15) is 9.10 Å². The molecule has 1 N–H and O–H groups in total. The second kappa shape index (κ2) is 9.01. The molecular weight excluding hydrogens is 410 g/mol. The lowest BCUT2D eigenvalue weighted by molar-refractivity contribution is -0.141. The largest absolute Gasteiger partial charge is 0.497 e. The first-order valence-electron chi connectivity index (χ1n) is 8.97. The van der Waals surface area contributed by atoms with Gasteiger partial charge in [-0.3, -0.25) is 4.79 Å². The first-order chi connectivity index (χ1) is 14.3. The van der Waals surface area contributed by atoms with Crippen molar-refractivity contribution in [2.75, 3.05) is 7.11 Å². The van der Waals surface area contributed by atoms with Gasteiger partial charge in [0.25, 0.3) is 0 Å². The van der Waals surface area contributed by atoms with E-state index in [4.69, 9.17) is 4.74 Å². The van der Waals surface area contributed by atoms with Crippen molar-refractivity contribution in [1.29, 1.82) is 0 Å². The van der Waals surface area contributed by atoms with E-state index >= 15 is 0 Å². The molecular formula is C19H21N5O5S. The van der Waals surface area contributed by atoms with Gasteiger partial charge in [-0.25, -0.2) is 8.42 Å². The van der Waals surface area contributed by atoms with Crippen LogP contribution in [0.3, 0.4) is 0 Å². The number of aromatic nitrogens is 4. The quantitative estimate of drug-likeness (QED) is 0.534. The third-order valence-corrected chi connectivity index (χ3v) is 6.27. The first kappa shape index (κ1) is 21.4. The van der Waals surface area contributed by atoms with Crippen molar-refractivity contribution >= 4 is 16.0 Å². The van der Waals surface area contributed by atoms with Crippen LogP contribution in [0.5, 0.6) is 5.75 Å². The van der Waals surface area contributed by atoms with E-state index in [1.165, 1.54) is 36.2 Å². The maximum absolute atomic E-state index is 13.4. The Morgan fingerprint density at radius 1 is 1.17 bits per heavy atom. The molecule has 0 aliphatic rings. The second-order valence-electron chi connectivity index (χ2n) is 6.46. The van der Waals surface area contributed by atoms with Gasteiger partial charge in [0.2, 0.25) is 10.0 Å². The number of hydrogen-bond donors (Lipinski definition) is 1. The van der Waals surface area contributed by atoms with Crippen LogP contribution in [-0.2, 0) is 34.8 Å². The summed E-state index contributed by atoms with van der Waals surface area (Å²) in [6.45, 7) is -0.133. The van der Waals surface area contributed by atoms with Crippen LogP contribution in [0, 0.1) is 0 Å². The Kier molecular flexibility index (Phi) is 6.43. The summed E-state index contributed by atoms with van der Waals surface area (Å²) in [6.07, 6.45) is -0.231. The fourth-order valence-electron chi connectivity index (χ4n) is 2.90. The van der Waals surface area contributed by atoms with Gasteiger partial charge in [-0.05, 0) is 35.0 Å². The minimum atomic E-state index is -4.17. The average molecular weight is 431 g/mol. The van der Waals surface area contributed by atoms with E-state index in [0.29, 0.717) is 11.3 Å². The molecule has 0 spiro atoms. The van der Waals surface area contributed by atoms with Crippen LogP contribution in [0.2, 0.25) is 0 Å². The molecule has 0 aliphatic heterocycles. The van der Waals surface area contributed by atoms with Gasteiger partial charge in [0, 0.05) is 13.0 Å². The second-order valence-corrected chi connectivity index (χ2v) is 8.36. The molecule has 3 rings (SSSR count). The van der Waals surface area contributed by atoms with Gasteiger partial charge >= 0.3 is 5.97 Å². The number of sulfonamides is 1. The number of tetrazole rings is 1. The van der Waals surface area contributed by atoms with Crippen molar-refractivity contribution in [2.45, 2.75) is 23.9 Å². The van der Waals surface area contributed by atoms with Gasteiger partial charge < -0.3 is 9.84 Å². The van der Waals surface area contributed by atoms with Crippen molar-refractivity contribution in [3.05, 3.63) is 66.0 Å². The van der Waals surface area contributed by atoms with Crippen molar-refractivity contribution in [3.8, 4) is 5.75 Å². The summed E-state index contributed by atoms with van der Waals surface area (Å²) < 4.78 is 32.9. The van der Waals surface area contributed by atoms with E-state index < -0.39 is 22.0 Å². The summed E-state index contributed by atoms with van der Waals surface area (Å²) in [5.41, 5.74) is 0.646. The monoisotopic (exact) mass is 431 g/mol. The number of aryl methyl sites for hydroxylation is 1. The molecule has 0 bridgehead atoms. The molecule has 0 aliphatic carbocycles. The number of ether oxygens (including phenoxy) is 1. The first-order valence-corrected chi connectivity index (χ1v) is 10.4. The van der Waals surface area contributed by atoms with Crippen LogP contribution >= 0.6 is 0 Å². The number of methoxy groups -OCH3 is 1. The van der Waals surface area contributed by atoms with Crippen LogP contribution in [0.4, 0.5) is 0 Å². The zero-order valence-electron chi connectivity index (χ0n) is 16.4. The Balaban J connectivity index is 2.03. The normalized spacial score (nSPS) is 12.6. The number of carboxylic acid groups (broad SMARTS) is 1. The minimum absolute atomic E-state index is 0.0439. The molecule has 0 saturated carbocycles. The van der Waals surface area contributed by atoms with E-state index in [2.05, 4.69) is 15.4 Å². The van der Waals surface area contributed by atoms with Crippen LogP contribution < -0.4 is 4.74 Å². The highest BCUT2D eigenvalue weighted by Crippen LogP contribution is 2.24. The molecule has 30 heavy (non-hydrogen) atoms. The highest BCUT2D eigenvalue weighted by molar-refractivity contribution is 7.89. The molecule has 0 radical (unpaired) electrons. The number of rotatable bonds is 9. The predicted molar refractivity (Wildman–Crippen MR) is 106 cm³/mol. The molecule has 0 amide bonds. The van der Waals surface area contributed by atoms with Crippen molar-refractivity contribution in [3.63, 3.8) is 0 Å². The Bertz CT molecular complexity index is 1100. The lowest BCUT2D eigenvalue weighted by atomic mass is 10.1. The number of aliphatic carboxylic acids is 1. The van der Waals surface area contributed by atoms with E-state index in [1.807, 2.05) is 0 Å². The summed E-state index contributed by atoms with van der Waals surface area (Å²) in [5, 5.41) is 21.4. The van der Waals surface area contributed by atoms with Gasteiger partial charge in [0.15, 0.2) is 5.82 Å². The van der Waals surface area contributed by atoms with Crippen LogP contribution in [0.25, 0.3) is 0 Å². The fraction of sp³-hybridized carbons (Fsp3) is 0.263. The maximum atomic E-state index is 13.4. The average Bonchev–Trinajstić information content (AvgIpc) is 3.16. The summed E-state index contributed by atoms with van der Waals surface area (Å²) in [5.74, 6) is -0.689. The van der Waals surface area contributed by atoms with Crippen molar-refractivity contribution in [2.24, 2.45) is 7.05 Å². The Morgan fingerprint density at radius 2 is 1.83 bits per heavy atom. The van der Waals surface area contributed by atoms with Crippen LogP contribution in [0.15, 0.2) is 59.5 Å². The highest BCUT2D eigenvalue weighted by Gasteiger charge is 2.37. The van der Waals surface area contributed by atoms with Crippen molar-refractivity contribution in [1.82, 2.24) is 24.5 Å². The van der Waals surface area contributed by atoms with Crippen molar-refractivity contribution < 1.29 is 23.1 Å². The number of carbonyl (C=O) groups is 1. The van der Waals surface area contributed by atoms with E-state index in [1.54, 1.807) is 37.4 Å². The summed E-state index contributed by atoms with van der Waals surface area (Å²) in [4.78, 5) is 13.3. The molecule has 1 aromatic heterocycles. The maximum Gasteiger partial charge on any atom is 0.322 e. The van der Waals surface area contributed by atoms with Gasteiger partial charge in [-0.1, -0.05) is 30.3 Å². The molecule has 3 aromatic rings. The van der Waals surface area contributed by atoms with Gasteiger partial charge in [0.05, 0.1) is 19.1 Å². The minimum Gasteiger partial charge on any atom is -0.497 e. The number of hydrogen-bond acceptors (Lipinski definition) is 7. The van der Waals surface area contributed by atoms with Crippen LogP contribution in [-0.4, -0.2) is 57.2 Å². The molecule has 0 saturated heterocycles. The summed E-state index contributed by atoms with van der Waals surface area (Å²) >= 11 is 0. The predicted octanol–water partition coefficient (Wildman–Crippen LogP) is 1.11. The molecule has 0 fully saturated rings. The summed E-state index contributed by atoms with van der Waals surface area (Å²) in [7, 11) is -1.15. The number of nitrogens with zero attached hydrogens (tertiary/aromatic N) is 5. The van der Waals surface area contributed by atoms with Gasteiger partial charge in [0.1, 0.15) is 11.8 Å². The number of benzene rings is 2. The lowest BCUT2D eigenvalue weighted by Gasteiger charge is -2.27. The molecule has 2 aromatic carbocycles. The SMILES string of the molecule is COc1ccc(S(=O)(=O)N(Cc2ccccc2)C(Cc2nnn(C)n2)C(=O)O)cc1. The zero-order valence-corrected chi connectivity index (χ0v) is 17.2. The van der Waals surface area contributed by atoms with Gasteiger partial charge in [-0.15, -0.1) is 10.2 Å². The van der Waals surface area contributed by atoms with E-state index in [9.17, 15) is 18.3 Å². The molecule has 158 valence electrons. The Hall–Kier alpha value is -3.31. The Labute approximate surface area is 173 Å². The zero-order chi connectivity index (χ0) is 21.7. The Morgan fingerprint density at radius 3 is 2.37 bits per heavy atom. The third kappa shape index (κ3) is 4.81.